The predicted octanol–water partition coefficient (Wildman–Crippen LogP) is 3.39. The molecule has 0 bridgehead atoms. The highest BCUT2D eigenvalue weighted by molar-refractivity contribution is 7.92. The minimum absolute atomic E-state index is 0.0726. The van der Waals surface area contributed by atoms with E-state index in [0.717, 1.165) is 21.7 Å². The molecule has 0 saturated carbocycles. The molecular weight excluding hydrogens is 450 g/mol. The highest BCUT2D eigenvalue weighted by atomic mass is 32.2. The maximum absolute atomic E-state index is 13.6. The summed E-state index contributed by atoms with van der Waals surface area (Å²) in [5.74, 6) is -0.642. The molecule has 0 aliphatic heterocycles. The topological polar surface area (TPSA) is 86.8 Å². The normalized spacial score (nSPS) is 12.3. The van der Waals surface area contributed by atoms with Crippen LogP contribution in [-0.2, 0) is 32.5 Å². The van der Waals surface area contributed by atoms with E-state index in [1.807, 2.05) is 70.2 Å². The first kappa shape index (κ1) is 27.4. The van der Waals surface area contributed by atoms with Crippen LogP contribution in [0.4, 0.5) is 5.69 Å². The van der Waals surface area contributed by atoms with E-state index in [4.69, 9.17) is 0 Å². The number of rotatable bonds is 12. The minimum Gasteiger partial charge on any atom is -0.352 e. The summed E-state index contributed by atoms with van der Waals surface area (Å²) >= 11 is 0. The molecule has 0 aliphatic carbocycles. The van der Waals surface area contributed by atoms with E-state index in [2.05, 4.69) is 5.32 Å². The van der Waals surface area contributed by atoms with Gasteiger partial charge in [-0.1, -0.05) is 62.4 Å². The van der Waals surface area contributed by atoms with Crippen LogP contribution in [0.25, 0.3) is 0 Å². The van der Waals surface area contributed by atoms with Gasteiger partial charge in [0, 0.05) is 12.6 Å². The van der Waals surface area contributed by atoms with Crippen molar-refractivity contribution in [1.82, 2.24) is 10.2 Å². The number of sulfonamides is 1. The van der Waals surface area contributed by atoms with E-state index in [9.17, 15) is 18.0 Å². The number of nitrogens with zero attached hydrogens (tertiary/aromatic N) is 2. The third-order valence-electron chi connectivity index (χ3n) is 5.62. The van der Waals surface area contributed by atoms with Gasteiger partial charge in [-0.05, 0) is 50.3 Å². The number of anilines is 1. The largest absolute Gasteiger partial charge is 0.352 e. The smallest absolute Gasteiger partial charge is 0.244 e. The Kier molecular flexibility index (Phi) is 10.1. The van der Waals surface area contributed by atoms with Crippen LogP contribution in [0.5, 0.6) is 0 Å². The molecule has 186 valence electrons. The molecule has 0 aliphatic rings. The van der Waals surface area contributed by atoms with E-state index in [1.54, 1.807) is 12.1 Å². The number of aryl methyl sites for hydroxylation is 1. The summed E-state index contributed by atoms with van der Waals surface area (Å²) in [4.78, 5) is 28.1. The van der Waals surface area contributed by atoms with Gasteiger partial charge in [0.25, 0.3) is 0 Å². The highest BCUT2D eigenvalue weighted by Gasteiger charge is 2.32. The molecular formula is C26H37N3O4S. The first-order valence-electron chi connectivity index (χ1n) is 11.8. The standard InChI is InChI=1S/C26H37N3O4S/c1-6-22-15-11-12-16-24(22)29(34(5,32)33)19-25(30)28(18-17-21-13-9-8-10-14-21)23(7-2)26(31)27-20(3)4/h8-16,20,23H,6-7,17-19H2,1-5H3,(H,27,31)/t23-/m1/s1. The van der Waals surface area contributed by atoms with Crippen molar-refractivity contribution in [2.24, 2.45) is 0 Å². The van der Waals surface area contributed by atoms with Crippen molar-refractivity contribution in [2.75, 3.05) is 23.7 Å². The number of nitrogens with one attached hydrogen (secondary N) is 1. The van der Waals surface area contributed by atoms with Crippen LogP contribution >= 0.6 is 0 Å². The summed E-state index contributed by atoms with van der Waals surface area (Å²) in [5, 5.41) is 2.90. The Hall–Kier alpha value is -2.87. The maximum atomic E-state index is 13.6. The van der Waals surface area contributed by atoms with Gasteiger partial charge in [-0.2, -0.15) is 0 Å². The average Bonchev–Trinajstić information content (AvgIpc) is 2.79. The van der Waals surface area contributed by atoms with Crippen molar-refractivity contribution in [3.8, 4) is 0 Å². The van der Waals surface area contributed by atoms with E-state index in [-0.39, 0.29) is 18.5 Å². The molecule has 0 aromatic heterocycles. The molecule has 0 fully saturated rings. The molecule has 0 heterocycles. The molecule has 0 spiro atoms. The Balaban J connectivity index is 2.39. The van der Waals surface area contributed by atoms with Crippen molar-refractivity contribution >= 4 is 27.5 Å². The Morgan fingerprint density at radius 2 is 1.59 bits per heavy atom. The molecule has 8 heteroatoms. The molecule has 34 heavy (non-hydrogen) atoms. The van der Waals surface area contributed by atoms with Crippen LogP contribution in [0, 0.1) is 0 Å². The van der Waals surface area contributed by atoms with E-state index in [1.165, 1.54) is 4.90 Å². The second-order valence-corrected chi connectivity index (χ2v) is 10.6. The Bertz CT molecular complexity index is 1050. The molecule has 0 radical (unpaired) electrons. The fourth-order valence-electron chi connectivity index (χ4n) is 3.92. The lowest BCUT2D eigenvalue weighted by molar-refractivity contribution is -0.139. The number of amides is 2. The Morgan fingerprint density at radius 1 is 0.971 bits per heavy atom. The van der Waals surface area contributed by atoms with E-state index in [0.29, 0.717) is 31.5 Å². The number of para-hydroxylation sites is 1. The third-order valence-corrected chi connectivity index (χ3v) is 6.75. The van der Waals surface area contributed by atoms with Crippen molar-refractivity contribution < 1.29 is 18.0 Å². The van der Waals surface area contributed by atoms with Crippen LogP contribution in [-0.4, -0.2) is 56.6 Å². The van der Waals surface area contributed by atoms with E-state index < -0.39 is 22.0 Å². The van der Waals surface area contributed by atoms with Crippen molar-refractivity contribution in [3.63, 3.8) is 0 Å². The van der Waals surface area contributed by atoms with Crippen molar-refractivity contribution in [2.45, 2.75) is 59.0 Å². The maximum Gasteiger partial charge on any atom is 0.244 e. The molecule has 2 amide bonds. The predicted molar refractivity (Wildman–Crippen MR) is 137 cm³/mol. The summed E-state index contributed by atoms with van der Waals surface area (Å²) < 4.78 is 26.6. The lowest BCUT2D eigenvalue weighted by Crippen LogP contribution is -2.54. The number of hydrogen-bond acceptors (Lipinski definition) is 4. The molecule has 1 N–H and O–H groups in total. The zero-order valence-corrected chi connectivity index (χ0v) is 21.6. The van der Waals surface area contributed by atoms with Crippen LogP contribution in [0.3, 0.4) is 0 Å². The van der Waals surface area contributed by atoms with Gasteiger partial charge in [0.2, 0.25) is 21.8 Å². The second kappa shape index (κ2) is 12.6. The van der Waals surface area contributed by atoms with Gasteiger partial charge in [0.15, 0.2) is 0 Å². The SMILES string of the molecule is CCc1ccccc1N(CC(=O)N(CCc1ccccc1)[C@H](CC)C(=O)NC(C)C)S(C)(=O)=O. The molecule has 2 rings (SSSR count). The molecule has 0 saturated heterocycles. The van der Waals surface area contributed by atoms with Gasteiger partial charge in [-0.15, -0.1) is 0 Å². The number of hydrogen-bond donors (Lipinski definition) is 1. The molecule has 2 aromatic rings. The summed E-state index contributed by atoms with van der Waals surface area (Å²) in [6, 6.07) is 16.1. The summed E-state index contributed by atoms with van der Waals surface area (Å²) in [5.41, 5.74) is 2.36. The van der Waals surface area contributed by atoms with Gasteiger partial charge in [0.05, 0.1) is 11.9 Å². The number of carbonyl (C=O) groups excluding carboxylic acids is 2. The molecule has 1 atom stereocenters. The number of benzene rings is 2. The molecule has 7 nitrogen and oxygen atoms in total. The monoisotopic (exact) mass is 487 g/mol. The van der Waals surface area contributed by atoms with Gasteiger partial charge in [-0.25, -0.2) is 8.42 Å². The lowest BCUT2D eigenvalue weighted by Gasteiger charge is -2.33. The van der Waals surface area contributed by atoms with Gasteiger partial charge in [-0.3, -0.25) is 13.9 Å². The van der Waals surface area contributed by atoms with Crippen LogP contribution in [0.15, 0.2) is 54.6 Å². The van der Waals surface area contributed by atoms with Crippen LogP contribution in [0.2, 0.25) is 0 Å². The third kappa shape index (κ3) is 7.58. The average molecular weight is 488 g/mol. The summed E-state index contributed by atoms with van der Waals surface area (Å²) in [7, 11) is -3.73. The fraction of sp³-hybridized carbons (Fsp3) is 0.462. The van der Waals surface area contributed by atoms with Gasteiger partial charge in [0.1, 0.15) is 12.6 Å². The van der Waals surface area contributed by atoms with Crippen LogP contribution in [0.1, 0.15) is 45.2 Å². The van der Waals surface area contributed by atoms with Crippen LogP contribution < -0.4 is 9.62 Å². The summed E-state index contributed by atoms with van der Waals surface area (Å²) in [6.45, 7) is 7.47. The van der Waals surface area contributed by atoms with Gasteiger partial charge < -0.3 is 10.2 Å². The zero-order valence-electron chi connectivity index (χ0n) is 20.8. The minimum atomic E-state index is -3.73. The zero-order chi connectivity index (χ0) is 25.3. The van der Waals surface area contributed by atoms with E-state index >= 15 is 0 Å². The van der Waals surface area contributed by atoms with Crippen molar-refractivity contribution in [3.05, 3.63) is 65.7 Å². The summed E-state index contributed by atoms with van der Waals surface area (Å²) in [6.07, 6.45) is 2.71. The Labute approximate surface area is 204 Å². The first-order chi connectivity index (χ1) is 16.1. The quantitative estimate of drug-likeness (QED) is 0.497. The molecule has 2 aromatic carbocycles. The second-order valence-electron chi connectivity index (χ2n) is 8.66. The van der Waals surface area contributed by atoms with Gasteiger partial charge >= 0.3 is 0 Å². The molecule has 0 unspecified atom stereocenters. The fourth-order valence-corrected chi connectivity index (χ4v) is 4.80. The highest BCUT2D eigenvalue weighted by Crippen LogP contribution is 2.24. The lowest BCUT2D eigenvalue weighted by atomic mass is 10.1. The van der Waals surface area contributed by atoms with Crippen molar-refractivity contribution in [1.29, 1.82) is 0 Å². The first-order valence-corrected chi connectivity index (χ1v) is 13.6. The number of carbonyl (C=O) groups is 2. The Morgan fingerprint density at radius 3 is 2.15 bits per heavy atom.